The number of rotatable bonds is 1. The molecule has 0 fully saturated rings. The van der Waals surface area contributed by atoms with Crippen molar-refractivity contribution >= 4 is 11.4 Å². The van der Waals surface area contributed by atoms with Crippen LogP contribution in [0.15, 0.2) is 78.2 Å². The summed E-state index contributed by atoms with van der Waals surface area (Å²) in [5, 5.41) is 0. The van der Waals surface area contributed by atoms with Crippen LogP contribution < -0.4 is 9.64 Å². The van der Waals surface area contributed by atoms with Crippen molar-refractivity contribution in [2.75, 3.05) is 4.90 Å². The third-order valence-corrected chi connectivity index (χ3v) is 3.37. The monoisotopic (exact) mass is 263 g/mol. The molecule has 0 aromatic heterocycles. The second-order valence-electron chi connectivity index (χ2n) is 4.57. The molecule has 0 amide bonds. The van der Waals surface area contributed by atoms with Gasteiger partial charge < -0.3 is 9.64 Å². The summed E-state index contributed by atoms with van der Waals surface area (Å²) in [6.07, 6.45) is 4.08. The topological polar surface area (TPSA) is 12.5 Å². The lowest BCUT2D eigenvalue weighted by molar-refractivity contribution is 0.422. The third kappa shape index (κ3) is 1.99. The normalized spacial score (nSPS) is 18.0. The average Bonchev–Trinajstić information content (AvgIpc) is 2.53. The van der Waals surface area contributed by atoms with Gasteiger partial charge in [-0.05, 0) is 44.2 Å². The molecule has 0 saturated carbocycles. The number of para-hydroxylation sites is 3. The molecule has 1 heterocycles. The number of nitrogens with zero attached hydrogens (tertiary/aromatic N) is 1. The van der Waals surface area contributed by atoms with E-state index in [0.717, 1.165) is 28.6 Å². The van der Waals surface area contributed by atoms with E-state index in [1.54, 1.807) is 0 Å². The molecule has 0 saturated heterocycles. The zero-order valence-electron chi connectivity index (χ0n) is 11.7. The molecule has 2 aromatic carbocycles. The number of fused-ring (bicyclic) bond motifs is 1. The van der Waals surface area contributed by atoms with E-state index >= 15 is 0 Å². The SMILES string of the molecule is C/C=C1/Oc2ccccc2N(c2ccccc2)/C1=C/C. The highest BCUT2D eigenvalue weighted by Gasteiger charge is 2.26. The standard InChI is InChI=1S/C18H17NO/c1-3-15-17(4-2)20-18-13-9-8-12-16(18)19(15)14-10-6-5-7-11-14/h3-13H,1-2H3/b15-3+,17-4+. The highest BCUT2D eigenvalue weighted by atomic mass is 16.5. The van der Waals surface area contributed by atoms with Gasteiger partial charge in [-0.3, -0.25) is 0 Å². The predicted octanol–water partition coefficient (Wildman–Crippen LogP) is 5.02. The molecule has 2 aromatic rings. The zero-order valence-corrected chi connectivity index (χ0v) is 11.7. The Morgan fingerprint density at radius 3 is 2.25 bits per heavy atom. The lowest BCUT2D eigenvalue weighted by Crippen LogP contribution is -2.24. The number of ether oxygens (including phenoxy) is 1. The van der Waals surface area contributed by atoms with Gasteiger partial charge in [0.1, 0.15) is 5.76 Å². The third-order valence-electron chi connectivity index (χ3n) is 3.37. The molecule has 2 heteroatoms. The number of hydrogen-bond acceptors (Lipinski definition) is 2. The highest BCUT2D eigenvalue weighted by molar-refractivity contribution is 5.77. The molecule has 0 radical (unpaired) electrons. The number of anilines is 2. The Kier molecular flexibility index (Phi) is 3.30. The Balaban J connectivity index is 2.23. The van der Waals surface area contributed by atoms with E-state index in [1.807, 2.05) is 44.2 Å². The molecule has 100 valence electrons. The van der Waals surface area contributed by atoms with Gasteiger partial charge in [0.05, 0.1) is 11.4 Å². The second kappa shape index (κ2) is 5.25. The van der Waals surface area contributed by atoms with Crippen LogP contribution in [0, 0.1) is 0 Å². The van der Waals surface area contributed by atoms with Gasteiger partial charge in [-0.15, -0.1) is 0 Å². The van der Waals surface area contributed by atoms with Crippen LogP contribution in [0.25, 0.3) is 0 Å². The molecule has 3 rings (SSSR count). The minimum absolute atomic E-state index is 0.884. The largest absolute Gasteiger partial charge is 0.453 e. The Hall–Kier alpha value is -2.48. The first-order valence-corrected chi connectivity index (χ1v) is 6.80. The van der Waals surface area contributed by atoms with Crippen LogP contribution in [0.4, 0.5) is 11.4 Å². The van der Waals surface area contributed by atoms with Crippen molar-refractivity contribution in [3.8, 4) is 5.75 Å². The maximum absolute atomic E-state index is 5.99. The van der Waals surface area contributed by atoms with E-state index in [1.165, 1.54) is 0 Å². The number of hydrogen-bond donors (Lipinski definition) is 0. The zero-order chi connectivity index (χ0) is 13.9. The molecule has 0 aliphatic carbocycles. The Bertz CT molecular complexity index is 671. The van der Waals surface area contributed by atoms with E-state index < -0.39 is 0 Å². The smallest absolute Gasteiger partial charge is 0.151 e. The van der Waals surface area contributed by atoms with Crippen molar-refractivity contribution < 1.29 is 4.74 Å². The molecule has 20 heavy (non-hydrogen) atoms. The van der Waals surface area contributed by atoms with Crippen LogP contribution in [-0.2, 0) is 0 Å². The Morgan fingerprint density at radius 2 is 1.55 bits per heavy atom. The summed E-state index contributed by atoms with van der Waals surface area (Å²) in [6, 6.07) is 18.5. The second-order valence-corrected chi connectivity index (χ2v) is 4.57. The fourth-order valence-electron chi connectivity index (χ4n) is 2.47. The molecular weight excluding hydrogens is 246 g/mol. The first-order valence-electron chi connectivity index (χ1n) is 6.80. The fourth-order valence-corrected chi connectivity index (χ4v) is 2.47. The van der Waals surface area contributed by atoms with Gasteiger partial charge in [-0.1, -0.05) is 36.4 Å². The summed E-state index contributed by atoms with van der Waals surface area (Å²) >= 11 is 0. The predicted molar refractivity (Wildman–Crippen MR) is 83.2 cm³/mol. The molecule has 0 atom stereocenters. The summed E-state index contributed by atoms with van der Waals surface area (Å²) < 4.78 is 5.99. The van der Waals surface area contributed by atoms with Gasteiger partial charge in [0.2, 0.25) is 0 Å². The van der Waals surface area contributed by atoms with Gasteiger partial charge in [0.25, 0.3) is 0 Å². The van der Waals surface area contributed by atoms with Crippen molar-refractivity contribution in [3.63, 3.8) is 0 Å². The maximum Gasteiger partial charge on any atom is 0.151 e. The van der Waals surface area contributed by atoms with Crippen molar-refractivity contribution in [2.45, 2.75) is 13.8 Å². The van der Waals surface area contributed by atoms with Gasteiger partial charge >= 0.3 is 0 Å². The summed E-state index contributed by atoms with van der Waals surface area (Å²) in [6.45, 7) is 4.03. The van der Waals surface area contributed by atoms with Crippen molar-refractivity contribution in [1.29, 1.82) is 0 Å². The minimum atomic E-state index is 0.884. The van der Waals surface area contributed by atoms with Crippen molar-refractivity contribution in [2.24, 2.45) is 0 Å². The van der Waals surface area contributed by atoms with E-state index in [4.69, 9.17) is 4.74 Å². The fraction of sp³-hybridized carbons (Fsp3) is 0.111. The van der Waals surface area contributed by atoms with Gasteiger partial charge in [0, 0.05) is 5.69 Å². The van der Waals surface area contributed by atoms with Crippen LogP contribution in [0.3, 0.4) is 0 Å². The maximum atomic E-state index is 5.99. The van der Waals surface area contributed by atoms with Crippen molar-refractivity contribution in [1.82, 2.24) is 0 Å². The quantitative estimate of drug-likeness (QED) is 0.716. The number of allylic oxidation sites excluding steroid dienone is 2. The first-order chi connectivity index (χ1) is 9.85. The Morgan fingerprint density at radius 1 is 0.850 bits per heavy atom. The molecule has 1 aliphatic rings. The summed E-state index contributed by atoms with van der Waals surface area (Å²) in [5.41, 5.74) is 3.27. The van der Waals surface area contributed by atoms with Crippen LogP contribution in [0.1, 0.15) is 13.8 Å². The average molecular weight is 263 g/mol. The first kappa shape index (κ1) is 12.5. The van der Waals surface area contributed by atoms with E-state index in [9.17, 15) is 0 Å². The lowest BCUT2D eigenvalue weighted by atomic mass is 10.1. The van der Waals surface area contributed by atoms with E-state index in [2.05, 4.69) is 41.3 Å². The van der Waals surface area contributed by atoms with Crippen LogP contribution in [0.5, 0.6) is 5.75 Å². The summed E-state index contributed by atoms with van der Waals surface area (Å²) in [5.74, 6) is 1.77. The van der Waals surface area contributed by atoms with E-state index in [0.29, 0.717) is 0 Å². The van der Waals surface area contributed by atoms with E-state index in [-0.39, 0.29) is 0 Å². The summed E-state index contributed by atoms with van der Waals surface area (Å²) in [7, 11) is 0. The molecular formula is C18H17NO. The lowest BCUT2D eigenvalue weighted by Gasteiger charge is -2.34. The minimum Gasteiger partial charge on any atom is -0.453 e. The molecule has 2 nitrogen and oxygen atoms in total. The highest BCUT2D eigenvalue weighted by Crippen LogP contribution is 2.43. The number of benzene rings is 2. The molecule has 0 N–H and O–H groups in total. The molecule has 0 unspecified atom stereocenters. The molecule has 0 spiro atoms. The van der Waals surface area contributed by atoms with Crippen LogP contribution in [0.2, 0.25) is 0 Å². The molecule has 0 bridgehead atoms. The summed E-state index contributed by atoms with van der Waals surface area (Å²) in [4.78, 5) is 2.23. The van der Waals surface area contributed by atoms with Crippen molar-refractivity contribution in [3.05, 3.63) is 78.2 Å². The molecule has 1 aliphatic heterocycles. The van der Waals surface area contributed by atoms with Crippen LogP contribution in [-0.4, -0.2) is 0 Å². The Labute approximate surface area is 119 Å². The van der Waals surface area contributed by atoms with Gasteiger partial charge in [-0.25, -0.2) is 0 Å². The van der Waals surface area contributed by atoms with Gasteiger partial charge in [-0.2, -0.15) is 0 Å². The van der Waals surface area contributed by atoms with Gasteiger partial charge in [0.15, 0.2) is 5.75 Å². The van der Waals surface area contributed by atoms with Crippen LogP contribution >= 0.6 is 0 Å².